The minimum Gasteiger partial charge on any atom is -0.454 e. The molecule has 2 heteroatoms. The minimum absolute atomic E-state index is 0.107. The molecule has 29 heavy (non-hydrogen) atoms. The fourth-order valence-electron chi connectivity index (χ4n) is 3.62. The molecular formula is C27H29NO. The molecule has 0 spiro atoms. The van der Waals surface area contributed by atoms with Crippen molar-refractivity contribution >= 4 is 11.1 Å². The number of fused-ring (bicyclic) bond motifs is 1. The van der Waals surface area contributed by atoms with Crippen molar-refractivity contribution in [1.29, 1.82) is 0 Å². The van der Waals surface area contributed by atoms with E-state index in [9.17, 15) is 0 Å². The van der Waals surface area contributed by atoms with Gasteiger partial charge in [-0.1, -0.05) is 70.5 Å². The van der Waals surface area contributed by atoms with Crippen LogP contribution in [0.3, 0.4) is 0 Å². The van der Waals surface area contributed by atoms with Crippen LogP contribution < -0.4 is 0 Å². The Labute approximate surface area is 173 Å². The number of aromatic nitrogens is 1. The van der Waals surface area contributed by atoms with Gasteiger partial charge in [0.1, 0.15) is 11.3 Å². The van der Waals surface area contributed by atoms with E-state index < -0.39 is 0 Å². The third kappa shape index (κ3) is 3.98. The predicted molar refractivity (Wildman–Crippen MR) is 122 cm³/mol. The van der Waals surface area contributed by atoms with Crippen LogP contribution in [0.25, 0.3) is 33.7 Å². The molecule has 148 valence electrons. The first-order chi connectivity index (χ1) is 13.7. The van der Waals surface area contributed by atoms with Crippen molar-refractivity contribution in [3.63, 3.8) is 0 Å². The maximum Gasteiger partial charge on any atom is 0.153 e. The monoisotopic (exact) mass is 383 g/mol. The molecule has 0 radical (unpaired) electrons. The molecule has 0 atom stereocenters. The Morgan fingerprint density at radius 1 is 0.828 bits per heavy atom. The van der Waals surface area contributed by atoms with Crippen molar-refractivity contribution in [2.45, 2.75) is 52.9 Å². The van der Waals surface area contributed by atoms with Crippen LogP contribution in [0.4, 0.5) is 0 Å². The lowest BCUT2D eigenvalue weighted by atomic mass is 9.85. The second kappa shape index (κ2) is 7.18. The predicted octanol–water partition coefficient (Wildman–Crippen LogP) is 7.89. The Hall–Kier alpha value is -2.87. The molecule has 0 N–H and O–H groups in total. The molecule has 0 unspecified atom stereocenters. The van der Waals surface area contributed by atoms with Gasteiger partial charge in [-0.25, -0.2) is 4.98 Å². The molecule has 0 amide bonds. The van der Waals surface area contributed by atoms with Crippen LogP contribution in [0.15, 0.2) is 65.1 Å². The van der Waals surface area contributed by atoms with Crippen LogP contribution in [0.2, 0.25) is 0 Å². The largest absolute Gasteiger partial charge is 0.454 e. The molecule has 2 aromatic carbocycles. The van der Waals surface area contributed by atoms with E-state index in [0.29, 0.717) is 5.92 Å². The van der Waals surface area contributed by atoms with Crippen LogP contribution in [-0.4, -0.2) is 4.98 Å². The molecular weight excluding hydrogens is 354 g/mol. The molecule has 4 rings (SSSR count). The highest BCUT2D eigenvalue weighted by Gasteiger charge is 2.16. The fourth-order valence-corrected chi connectivity index (χ4v) is 3.62. The topological polar surface area (TPSA) is 26.0 Å². The average Bonchev–Trinajstić information content (AvgIpc) is 3.10. The Balaban J connectivity index is 1.73. The normalized spacial score (nSPS) is 12.1. The zero-order valence-electron chi connectivity index (χ0n) is 18.2. The molecule has 0 fully saturated rings. The first kappa shape index (κ1) is 19.4. The first-order valence-corrected chi connectivity index (χ1v) is 10.3. The van der Waals surface area contributed by atoms with E-state index in [4.69, 9.17) is 9.40 Å². The lowest BCUT2D eigenvalue weighted by Crippen LogP contribution is -2.11. The van der Waals surface area contributed by atoms with Gasteiger partial charge in [-0.15, -0.1) is 0 Å². The summed E-state index contributed by atoms with van der Waals surface area (Å²) < 4.78 is 6.08. The van der Waals surface area contributed by atoms with Crippen LogP contribution in [0, 0.1) is 6.92 Å². The Morgan fingerprint density at radius 2 is 1.55 bits per heavy atom. The number of pyridine rings is 1. The van der Waals surface area contributed by atoms with E-state index in [1.807, 2.05) is 12.1 Å². The van der Waals surface area contributed by atoms with Gasteiger partial charge in [0.05, 0.1) is 5.69 Å². The second-order valence-corrected chi connectivity index (χ2v) is 9.30. The second-order valence-electron chi connectivity index (χ2n) is 9.30. The number of aryl methyl sites for hydroxylation is 1. The lowest BCUT2D eigenvalue weighted by Gasteiger charge is -2.20. The van der Waals surface area contributed by atoms with Gasteiger partial charge in [0.25, 0.3) is 0 Å². The van der Waals surface area contributed by atoms with Gasteiger partial charge in [0, 0.05) is 17.2 Å². The van der Waals surface area contributed by atoms with E-state index in [1.54, 1.807) is 0 Å². The fraction of sp³-hybridized carbons (Fsp3) is 0.296. The molecule has 2 heterocycles. The summed E-state index contributed by atoms with van der Waals surface area (Å²) in [5, 5.41) is 0. The molecule has 0 bridgehead atoms. The standard InChI is InChI=1S/C27H29NO/c1-17(2)19-7-9-20(10-8-19)26-16-24-25(29-26)12-11-23(28-24)21-13-18(3)14-22(15-21)27(4,5)6/h7-17H,1-6H3. The van der Waals surface area contributed by atoms with Gasteiger partial charge in [0.15, 0.2) is 5.58 Å². The van der Waals surface area contributed by atoms with Crippen molar-refractivity contribution in [1.82, 2.24) is 4.98 Å². The van der Waals surface area contributed by atoms with E-state index in [1.165, 1.54) is 16.7 Å². The molecule has 2 nitrogen and oxygen atoms in total. The van der Waals surface area contributed by atoms with E-state index in [2.05, 4.69) is 90.1 Å². The average molecular weight is 384 g/mol. The summed E-state index contributed by atoms with van der Waals surface area (Å²) in [6.45, 7) is 13.3. The van der Waals surface area contributed by atoms with Gasteiger partial charge in [-0.3, -0.25) is 0 Å². The summed E-state index contributed by atoms with van der Waals surface area (Å²) in [5.74, 6) is 1.39. The highest BCUT2D eigenvalue weighted by atomic mass is 16.3. The Morgan fingerprint density at radius 3 is 2.21 bits per heavy atom. The summed E-state index contributed by atoms with van der Waals surface area (Å²) in [5.41, 5.74) is 8.95. The van der Waals surface area contributed by atoms with Gasteiger partial charge >= 0.3 is 0 Å². The molecule has 0 aliphatic heterocycles. The first-order valence-electron chi connectivity index (χ1n) is 10.3. The summed E-state index contributed by atoms with van der Waals surface area (Å²) in [6.07, 6.45) is 0. The lowest BCUT2D eigenvalue weighted by molar-refractivity contribution is 0.590. The number of hydrogen-bond acceptors (Lipinski definition) is 2. The van der Waals surface area contributed by atoms with Crippen molar-refractivity contribution < 1.29 is 4.42 Å². The molecule has 4 aromatic rings. The summed E-state index contributed by atoms with van der Waals surface area (Å²) in [4.78, 5) is 4.91. The van der Waals surface area contributed by atoms with Gasteiger partial charge < -0.3 is 4.42 Å². The number of nitrogens with zero attached hydrogens (tertiary/aromatic N) is 1. The quantitative estimate of drug-likeness (QED) is 0.359. The maximum absolute atomic E-state index is 6.08. The SMILES string of the molecule is Cc1cc(-c2ccc3oc(-c4ccc(C(C)C)cc4)cc3n2)cc(C(C)(C)C)c1. The van der Waals surface area contributed by atoms with E-state index in [-0.39, 0.29) is 5.41 Å². The molecule has 0 aliphatic carbocycles. The van der Waals surface area contributed by atoms with Crippen molar-refractivity contribution in [3.8, 4) is 22.6 Å². The highest BCUT2D eigenvalue weighted by molar-refractivity contribution is 5.82. The van der Waals surface area contributed by atoms with Crippen molar-refractivity contribution in [3.05, 3.63) is 77.4 Å². The zero-order valence-corrected chi connectivity index (χ0v) is 18.2. The van der Waals surface area contributed by atoms with Gasteiger partial charge in [0.2, 0.25) is 0 Å². The van der Waals surface area contributed by atoms with Crippen LogP contribution in [-0.2, 0) is 5.41 Å². The smallest absolute Gasteiger partial charge is 0.153 e. The summed E-state index contributed by atoms with van der Waals surface area (Å²) in [6, 6.07) is 21.5. The Bertz CT molecular complexity index is 1160. The highest BCUT2D eigenvalue weighted by Crippen LogP contribution is 2.32. The minimum atomic E-state index is 0.107. The van der Waals surface area contributed by atoms with Crippen LogP contribution >= 0.6 is 0 Å². The maximum atomic E-state index is 6.08. The van der Waals surface area contributed by atoms with Gasteiger partial charge in [-0.05, 0) is 53.6 Å². The third-order valence-electron chi connectivity index (χ3n) is 5.47. The van der Waals surface area contributed by atoms with Crippen molar-refractivity contribution in [2.75, 3.05) is 0 Å². The number of hydrogen-bond donors (Lipinski definition) is 0. The summed E-state index contributed by atoms with van der Waals surface area (Å²) >= 11 is 0. The van der Waals surface area contributed by atoms with Crippen molar-refractivity contribution in [2.24, 2.45) is 0 Å². The Kier molecular flexibility index (Phi) is 4.82. The van der Waals surface area contributed by atoms with E-state index in [0.717, 1.165) is 33.7 Å². The third-order valence-corrected chi connectivity index (χ3v) is 5.47. The molecule has 0 saturated carbocycles. The van der Waals surface area contributed by atoms with Crippen LogP contribution in [0.5, 0.6) is 0 Å². The molecule has 0 saturated heterocycles. The van der Waals surface area contributed by atoms with E-state index >= 15 is 0 Å². The van der Waals surface area contributed by atoms with Crippen LogP contribution in [0.1, 0.15) is 57.2 Å². The zero-order chi connectivity index (χ0) is 20.8. The van der Waals surface area contributed by atoms with Gasteiger partial charge in [-0.2, -0.15) is 0 Å². The number of benzene rings is 2. The number of furan rings is 1. The molecule has 2 aromatic heterocycles. The summed E-state index contributed by atoms with van der Waals surface area (Å²) in [7, 11) is 0. The number of rotatable bonds is 3. The molecule has 0 aliphatic rings.